The fraction of sp³-hybridized carbons (Fsp3) is 0.235. The highest BCUT2D eigenvalue weighted by Gasteiger charge is 2.14. The van der Waals surface area contributed by atoms with Gasteiger partial charge in [-0.2, -0.15) is 0 Å². The van der Waals surface area contributed by atoms with E-state index in [4.69, 9.17) is 10.5 Å². The second-order valence-electron chi connectivity index (χ2n) is 4.85. The maximum absolute atomic E-state index is 11.5. The van der Waals surface area contributed by atoms with Crippen molar-refractivity contribution in [3.63, 3.8) is 0 Å². The summed E-state index contributed by atoms with van der Waals surface area (Å²) in [5, 5.41) is 0. The predicted octanol–water partition coefficient (Wildman–Crippen LogP) is 4.25. The minimum atomic E-state index is 0.0344. The number of hydrogen-bond acceptors (Lipinski definition) is 3. The summed E-state index contributed by atoms with van der Waals surface area (Å²) in [5.41, 5.74) is 7.09. The van der Waals surface area contributed by atoms with E-state index in [1.54, 1.807) is 6.92 Å². The van der Waals surface area contributed by atoms with E-state index >= 15 is 0 Å². The fourth-order valence-electron chi connectivity index (χ4n) is 1.87. The van der Waals surface area contributed by atoms with Gasteiger partial charge in [-0.15, -0.1) is 0 Å². The predicted molar refractivity (Wildman–Crippen MR) is 104 cm³/mol. The van der Waals surface area contributed by atoms with Gasteiger partial charge in [-0.1, -0.05) is 18.9 Å². The molecule has 1 unspecified atom stereocenters. The van der Waals surface area contributed by atoms with Crippen molar-refractivity contribution in [2.24, 2.45) is 11.7 Å². The third kappa shape index (κ3) is 4.04. The molecule has 22 heavy (non-hydrogen) atoms. The number of allylic oxidation sites excluding steroid dienone is 3. The van der Waals surface area contributed by atoms with Gasteiger partial charge >= 0.3 is 0 Å². The van der Waals surface area contributed by atoms with Crippen molar-refractivity contribution >= 4 is 51.0 Å². The summed E-state index contributed by atoms with van der Waals surface area (Å²) in [7, 11) is 0. The molecule has 1 aromatic carbocycles. The Bertz CT molecular complexity index is 716. The lowest BCUT2D eigenvalue weighted by atomic mass is 10.1. The first-order valence-corrected chi connectivity index (χ1v) is 8.95. The van der Waals surface area contributed by atoms with E-state index in [2.05, 4.69) is 63.9 Å². The summed E-state index contributed by atoms with van der Waals surface area (Å²) < 4.78 is 7.71. The van der Waals surface area contributed by atoms with E-state index in [1.807, 2.05) is 24.3 Å². The van der Waals surface area contributed by atoms with Gasteiger partial charge in [0.1, 0.15) is 5.70 Å². The van der Waals surface area contributed by atoms with Crippen LogP contribution in [0.3, 0.4) is 0 Å². The van der Waals surface area contributed by atoms with E-state index in [-0.39, 0.29) is 11.7 Å². The number of nitrogens with two attached hydrogens (primary N) is 1. The van der Waals surface area contributed by atoms with Crippen molar-refractivity contribution in [3.8, 4) is 17.6 Å². The highest BCUT2D eigenvalue weighted by Crippen LogP contribution is 2.31. The van der Waals surface area contributed by atoms with Crippen LogP contribution in [-0.4, -0.2) is 5.78 Å². The van der Waals surface area contributed by atoms with Crippen LogP contribution in [0, 0.1) is 24.9 Å². The van der Waals surface area contributed by atoms with Gasteiger partial charge in [-0.25, -0.2) is 0 Å². The smallest absolute Gasteiger partial charge is 0.159 e. The summed E-state index contributed by atoms with van der Waals surface area (Å²) in [4.78, 5) is 11.5. The molecule has 1 aliphatic carbocycles. The second-order valence-corrected chi connectivity index (χ2v) is 7.17. The van der Waals surface area contributed by atoms with Crippen molar-refractivity contribution in [1.82, 2.24) is 0 Å². The number of ether oxygens (including phenoxy) is 1. The number of benzene rings is 1. The van der Waals surface area contributed by atoms with Crippen LogP contribution < -0.4 is 10.5 Å². The Balaban J connectivity index is 2.36. The molecule has 1 aromatic rings. The van der Waals surface area contributed by atoms with Crippen molar-refractivity contribution in [2.45, 2.75) is 20.3 Å². The van der Waals surface area contributed by atoms with Crippen LogP contribution in [-0.2, 0) is 0 Å². The number of rotatable bonds is 4. The highest BCUT2D eigenvalue weighted by atomic mass is 127. The molecule has 2 N–H and O–H groups in total. The normalized spacial score (nSPS) is 16.8. The SMILES string of the molecule is CCC1C#CC(N)=C(Oc2c(I)cc(C(C)=O)cc2I)C=C1. The maximum atomic E-state index is 11.5. The van der Waals surface area contributed by atoms with E-state index in [1.165, 1.54) is 0 Å². The van der Waals surface area contributed by atoms with Gasteiger partial charge in [-0.05, 0) is 82.7 Å². The van der Waals surface area contributed by atoms with Crippen LogP contribution in [0.4, 0.5) is 0 Å². The summed E-state index contributed by atoms with van der Waals surface area (Å²) in [5.74, 6) is 7.52. The third-order valence-corrected chi connectivity index (χ3v) is 4.80. The van der Waals surface area contributed by atoms with Gasteiger partial charge in [0.05, 0.1) is 7.14 Å². The summed E-state index contributed by atoms with van der Waals surface area (Å²) in [6.45, 7) is 3.63. The van der Waals surface area contributed by atoms with E-state index in [0.717, 1.165) is 13.6 Å². The minimum absolute atomic E-state index is 0.0344. The lowest BCUT2D eigenvalue weighted by Crippen LogP contribution is -2.06. The quantitative estimate of drug-likeness (QED) is 0.368. The van der Waals surface area contributed by atoms with E-state index in [0.29, 0.717) is 22.8 Å². The molecule has 114 valence electrons. The van der Waals surface area contributed by atoms with Crippen molar-refractivity contribution < 1.29 is 9.53 Å². The molecule has 0 amide bonds. The Morgan fingerprint density at radius 1 is 1.36 bits per heavy atom. The first-order valence-electron chi connectivity index (χ1n) is 6.79. The summed E-state index contributed by atoms with van der Waals surface area (Å²) >= 11 is 4.33. The highest BCUT2D eigenvalue weighted by molar-refractivity contribution is 14.1. The van der Waals surface area contributed by atoms with Crippen LogP contribution in [0.15, 0.2) is 35.7 Å². The van der Waals surface area contributed by atoms with Gasteiger partial charge in [-0.3, -0.25) is 4.79 Å². The van der Waals surface area contributed by atoms with Gasteiger partial charge in [0.15, 0.2) is 17.3 Å². The Morgan fingerprint density at radius 3 is 2.55 bits per heavy atom. The fourth-order valence-corrected chi connectivity index (χ4v) is 3.86. The molecule has 0 aliphatic heterocycles. The molecule has 5 heteroatoms. The standard InChI is InChI=1S/C17H15I2NO2/c1-3-11-4-6-15(20)16(7-5-11)22-17-13(18)8-12(10(2)21)9-14(17)19/h5,7-9,11H,3,20H2,1-2H3. The van der Waals surface area contributed by atoms with Gasteiger partial charge in [0.25, 0.3) is 0 Å². The molecule has 2 rings (SSSR count). The summed E-state index contributed by atoms with van der Waals surface area (Å²) in [6.07, 6.45) is 4.81. The van der Waals surface area contributed by atoms with Crippen molar-refractivity contribution in [3.05, 3.63) is 48.4 Å². The van der Waals surface area contributed by atoms with E-state index < -0.39 is 0 Å². The first-order chi connectivity index (χ1) is 10.4. The minimum Gasteiger partial charge on any atom is -0.452 e. The van der Waals surface area contributed by atoms with Crippen LogP contribution in [0.1, 0.15) is 30.6 Å². The van der Waals surface area contributed by atoms with Crippen molar-refractivity contribution in [1.29, 1.82) is 0 Å². The molecule has 0 saturated heterocycles. The molecule has 0 bridgehead atoms. The number of carbonyl (C=O) groups is 1. The zero-order valence-corrected chi connectivity index (χ0v) is 16.6. The lowest BCUT2D eigenvalue weighted by Gasteiger charge is -2.12. The molecular formula is C17H15I2NO2. The molecule has 0 saturated carbocycles. The maximum Gasteiger partial charge on any atom is 0.159 e. The van der Waals surface area contributed by atoms with Gasteiger partial charge in [0, 0.05) is 11.5 Å². The number of halogens is 2. The average molecular weight is 519 g/mol. The molecule has 0 radical (unpaired) electrons. The molecule has 0 aromatic heterocycles. The topological polar surface area (TPSA) is 52.3 Å². The number of hydrogen-bond donors (Lipinski definition) is 1. The molecule has 3 nitrogen and oxygen atoms in total. The summed E-state index contributed by atoms with van der Waals surface area (Å²) in [6, 6.07) is 3.64. The second kappa shape index (κ2) is 7.51. The monoisotopic (exact) mass is 519 g/mol. The molecule has 0 heterocycles. The van der Waals surface area contributed by atoms with Crippen LogP contribution in [0.5, 0.6) is 5.75 Å². The Morgan fingerprint density at radius 2 is 2.00 bits per heavy atom. The molecule has 0 spiro atoms. The van der Waals surface area contributed by atoms with Gasteiger partial charge in [0.2, 0.25) is 0 Å². The number of carbonyl (C=O) groups excluding carboxylic acids is 1. The first kappa shape index (κ1) is 17.3. The molecular weight excluding hydrogens is 504 g/mol. The largest absolute Gasteiger partial charge is 0.452 e. The lowest BCUT2D eigenvalue weighted by molar-refractivity contribution is 0.101. The molecule has 1 atom stereocenters. The Labute approximate surface area is 157 Å². The zero-order valence-electron chi connectivity index (χ0n) is 12.2. The Kier molecular flexibility index (Phi) is 5.92. The van der Waals surface area contributed by atoms with Crippen LogP contribution in [0.2, 0.25) is 0 Å². The zero-order chi connectivity index (χ0) is 16.3. The number of Topliss-reactive ketones (excluding diaryl/α,β-unsaturated/α-hetero) is 1. The van der Waals surface area contributed by atoms with Gasteiger partial charge < -0.3 is 10.5 Å². The Hall–Kier alpha value is -1.01. The van der Waals surface area contributed by atoms with Crippen LogP contribution in [0.25, 0.3) is 0 Å². The van der Waals surface area contributed by atoms with Crippen LogP contribution >= 0.6 is 45.2 Å². The molecule has 1 aliphatic rings. The van der Waals surface area contributed by atoms with Crippen molar-refractivity contribution in [2.75, 3.05) is 0 Å². The van der Waals surface area contributed by atoms with E-state index in [9.17, 15) is 4.79 Å². The average Bonchev–Trinajstić information content (AvgIpc) is 2.64. The molecule has 0 fully saturated rings. The third-order valence-electron chi connectivity index (χ3n) is 3.19. The number of ketones is 1.